The third kappa shape index (κ3) is 3.84. The van der Waals surface area contributed by atoms with E-state index in [9.17, 15) is 4.79 Å². The number of nitrogens with one attached hydrogen (secondary N) is 1. The fourth-order valence-electron chi connectivity index (χ4n) is 4.13. The number of benzene rings is 3. The van der Waals surface area contributed by atoms with E-state index in [2.05, 4.69) is 47.8 Å². The van der Waals surface area contributed by atoms with Crippen molar-refractivity contribution in [2.45, 2.75) is 26.2 Å². The number of hydrogen-bond donors (Lipinski definition) is 1. The van der Waals surface area contributed by atoms with Crippen LogP contribution in [0.25, 0.3) is 22.2 Å². The minimum Gasteiger partial charge on any atom is -0.267 e. The highest BCUT2D eigenvalue weighted by Gasteiger charge is 2.17. The Bertz CT molecular complexity index is 1310. The molecule has 31 heavy (non-hydrogen) atoms. The Balaban J connectivity index is 1.52. The number of hydrazone groups is 1. The van der Waals surface area contributed by atoms with E-state index in [4.69, 9.17) is 4.98 Å². The average molecular weight is 406 g/mol. The lowest BCUT2D eigenvalue weighted by molar-refractivity contribution is 0.0956. The van der Waals surface area contributed by atoms with Crippen molar-refractivity contribution < 1.29 is 4.79 Å². The van der Waals surface area contributed by atoms with Gasteiger partial charge >= 0.3 is 0 Å². The van der Waals surface area contributed by atoms with Crippen LogP contribution in [-0.2, 0) is 6.42 Å². The standard InChI is InChI=1S/C27H23N3O/c1-18-13-15-20(16-14-18)26-17-23(22-10-4-5-11-24(22)28-26)27(31)30-29-25-12-6-8-19-7-2-3-9-21(19)25/h2-5,7,9-11,13-17H,6,8,12H2,1H3,(H,30,31)/b29-25-. The van der Waals surface area contributed by atoms with E-state index in [1.54, 1.807) is 0 Å². The van der Waals surface area contributed by atoms with Gasteiger partial charge in [0, 0.05) is 16.5 Å². The molecule has 1 N–H and O–H groups in total. The van der Waals surface area contributed by atoms with Crippen LogP contribution in [0.4, 0.5) is 0 Å². The Kier molecular flexibility index (Phi) is 5.04. The molecule has 1 aromatic heterocycles. The van der Waals surface area contributed by atoms with Gasteiger partial charge in [-0.15, -0.1) is 0 Å². The topological polar surface area (TPSA) is 54.4 Å². The Labute approximate surface area is 181 Å². The number of fused-ring (bicyclic) bond motifs is 2. The number of pyridine rings is 1. The van der Waals surface area contributed by atoms with Crippen LogP contribution in [0.2, 0.25) is 0 Å². The van der Waals surface area contributed by atoms with Crippen molar-refractivity contribution >= 4 is 22.5 Å². The molecule has 3 aromatic carbocycles. The molecule has 4 nitrogen and oxygen atoms in total. The summed E-state index contributed by atoms with van der Waals surface area (Å²) in [6.45, 7) is 2.05. The first-order valence-corrected chi connectivity index (χ1v) is 10.6. The molecule has 0 unspecified atom stereocenters. The van der Waals surface area contributed by atoms with Gasteiger partial charge in [-0.05, 0) is 43.9 Å². The molecule has 0 aliphatic heterocycles. The summed E-state index contributed by atoms with van der Waals surface area (Å²) >= 11 is 0. The summed E-state index contributed by atoms with van der Waals surface area (Å²) in [5, 5.41) is 5.34. The van der Waals surface area contributed by atoms with Gasteiger partial charge in [0.05, 0.1) is 22.5 Å². The number of para-hydroxylation sites is 1. The highest BCUT2D eigenvalue weighted by Crippen LogP contribution is 2.26. The number of amides is 1. The van der Waals surface area contributed by atoms with E-state index in [0.717, 1.165) is 52.7 Å². The molecule has 1 amide bonds. The predicted molar refractivity (Wildman–Crippen MR) is 125 cm³/mol. The van der Waals surface area contributed by atoms with E-state index in [0.29, 0.717) is 5.56 Å². The van der Waals surface area contributed by atoms with Crippen molar-refractivity contribution in [3.8, 4) is 11.3 Å². The molecule has 0 bridgehead atoms. The van der Waals surface area contributed by atoms with Crippen LogP contribution in [0.3, 0.4) is 0 Å². The van der Waals surface area contributed by atoms with Gasteiger partial charge in [-0.25, -0.2) is 10.4 Å². The maximum atomic E-state index is 13.2. The van der Waals surface area contributed by atoms with E-state index < -0.39 is 0 Å². The van der Waals surface area contributed by atoms with Crippen molar-refractivity contribution in [1.29, 1.82) is 0 Å². The molecule has 0 fully saturated rings. The highest BCUT2D eigenvalue weighted by atomic mass is 16.2. The summed E-state index contributed by atoms with van der Waals surface area (Å²) in [5.41, 5.74) is 10.5. The van der Waals surface area contributed by atoms with Gasteiger partial charge < -0.3 is 0 Å². The second kappa shape index (κ2) is 8.15. The molecule has 1 aliphatic rings. The van der Waals surface area contributed by atoms with E-state index >= 15 is 0 Å². The summed E-state index contributed by atoms with van der Waals surface area (Å²) in [6.07, 6.45) is 2.96. The lowest BCUT2D eigenvalue weighted by atomic mass is 9.90. The Morgan fingerprint density at radius 1 is 0.935 bits per heavy atom. The maximum absolute atomic E-state index is 13.2. The van der Waals surface area contributed by atoms with Gasteiger partial charge in [-0.3, -0.25) is 4.79 Å². The zero-order valence-corrected chi connectivity index (χ0v) is 17.4. The lowest BCUT2D eigenvalue weighted by Crippen LogP contribution is -2.22. The SMILES string of the molecule is Cc1ccc(-c2cc(C(=O)N/N=C3/CCCc4ccccc43)c3ccccc3n2)cc1. The second-order valence-corrected chi connectivity index (χ2v) is 7.95. The molecule has 0 saturated heterocycles. The van der Waals surface area contributed by atoms with Gasteiger partial charge in [-0.2, -0.15) is 5.10 Å². The third-order valence-corrected chi connectivity index (χ3v) is 5.79. The lowest BCUT2D eigenvalue weighted by Gasteiger charge is -2.17. The summed E-state index contributed by atoms with van der Waals surface area (Å²) in [7, 11) is 0. The number of rotatable bonds is 3. The molecule has 1 heterocycles. The number of carbonyl (C=O) groups excluding carboxylic acids is 1. The number of aryl methyl sites for hydroxylation is 2. The predicted octanol–water partition coefficient (Wildman–Crippen LogP) is 5.68. The summed E-state index contributed by atoms with van der Waals surface area (Å²) in [4.78, 5) is 18.0. The summed E-state index contributed by atoms with van der Waals surface area (Å²) < 4.78 is 0. The monoisotopic (exact) mass is 405 g/mol. The molecule has 4 aromatic rings. The number of carbonyl (C=O) groups is 1. The smallest absolute Gasteiger partial charge is 0.267 e. The zero-order valence-electron chi connectivity index (χ0n) is 17.4. The Hall–Kier alpha value is -3.79. The van der Waals surface area contributed by atoms with Crippen LogP contribution >= 0.6 is 0 Å². The molecule has 0 spiro atoms. The normalized spacial score (nSPS) is 14.4. The first-order valence-electron chi connectivity index (χ1n) is 10.6. The van der Waals surface area contributed by atoms with E-state index in [-0.39, 0.29) is 5.91 Å². The quantitative estimate of drug-likeness (QED) is 0.446. The van der Waals surface area contributed by atoms with Crippen LogP contribution in [0.1, 0.15) is 39.9 Å². The fourth-order valence-corrected chi connectivity index (χ4v) is 4.13. The molecular formula is C27H23N3O. The van der Waals surface area contributed by atoms with Crippen molar-refractivity contribution in [2.24, 2.45) is 5.10 Å². The molecule has 0 radical (unpaired) electrons. The average Bonchev–Trinajstić information content (AvgIpc) is 2.82. The van der Waals surface area contributed by atoms with Crippen molar-refractivity contribution in [3.63, 3.8) is 0 Å². The van der Waals surface area contributed by atoms with E-state index in [1.807, 2.05) is 48.5 Å². The van der Waals surface area contributed by atoms with Crippen molar-refractivity contribution in [2.75, 3.05) is 0 Å². The van der Waals surface area contributed by atoms with E-state index in [1.165, 1.54) is 11.1 Å². The van der Waals surface area contributed by atoms with Gasteiger partial charge in [-0.1, -0.05) is 72.3 Å². The first-order chi connectivity index (χ1) is 15.2. The molecule has 0 saturated carbocycles. The van der Waals surface area contributed by atoms with Crippen molar-refractivity contribution in [3.05, 3.63) is 101 Å². The Morgan fingerprint density at radius 2 is 1.71 bits per heavy atom. The number of hydrogen-bond acceptors (Lipinski definition) is 3. The number of aromatic nitrogens is 1. The zero-order chi connectivity index (χ0) is 21.2. The number of nitrogens with zero attached hydrogens (tertiary/aromatic N) is 2. The van der Waals surface area contributed by atoms with Crippen molar-refractivity contribution in [1.82, 2.24) is 10.4 Å². The van der Waals surface area contributed by atoms with Crippen LogP contribution in [0.5, 0.6) is 0 Å². The van der Waals surface area contributed by atoms with Crippen LogP contribution < -0.4 is 5.43 Å². The first kappa shape index (κ1) is 19.2. The molecule has 5 rings (SSSR count). The minimum atomic E-state index is -0.220. The maximum Gasteiger partial charge on any atom is 0.272 e. The third-order valence-electron chi connectivity index (χ3n) is 5.79. The summed E-state index contributed by atoms with van der Waals surface area (Å²) in [5.74, 6) is -0.220. The molecule has 152 valence electrons. The minimum absolute atomic E-state index is 0.220. The highest BCUT2D eigenvalue weighted by molar-refractivity contribution is 6.08. The van der Waals surface area contributed by atoms with Gasteiger partial charge in [0.2, 0.25) is 0 Å². The molecule has 1 aliphatic carbocycles. The van der Waals surface area contributed by atoms with Gasteiger partial charge in [0.25, 0.3) is 5.91 Å². The van der Waals surface area contributed by atoms with Crippen LogP contribution in [-0.4, -0.2) is 16.6 Å². The fraction of sp³-hybridized carbons (Fsp3) is 0.148. The Morgan fingerprint density at radius 3 is 2.58 bits per heavy atom. The largest absolute Gasteiger partial charge is 0.272 e. The summed E-state index contributed by atoms with van der Waals surface area (Å²) in [6, 6.07) is 26.1. The second-order valence-electron chi connectivity index (χ2n) is 7.95. The van der Waals surface area contributed by atoms with Gasteiger partial charge in [0.1, 0.15) is 0 Å². The molecule has 4 heteroatoms. The molecular weight excluding hydrogens is 382 g/mol. The van der Waals surface area contributed by atoms with Crippen LogP contribution in [0.15, 0.2) is 84.0 Å². The van der Waals surface area contributed by atoms with Gasteiger partial charge in [0.15, 0.2) is 0 Å². The van der Waals surface area contributed by atoms with Crippen LogP contribution in [0, 0.1) is 6.92 Å². The molecule has 0 atom stereocenters.